The Kier molecular flexibility index (Phi) is 3.92. The Hall–Kier alpha value is -1.17. The fourth-order valence-corrected chi connectivity index (χ4v) is 4.38. The Morgan fingerprint density at radius 1 is 1.25 bits per heavy atom. The third kappa shape index (κ3) is 2.41. The highest BCUT2D eigenvalue weighted by atomic mass is 32.1. The number of rotatable bonds is 5. The first kappa shape index (κ1) is 13.8. The molecule has 3 nitrogen and oxygen atoms in total. The topological polar surface area (TPSA) is 29.3 Å². The lowest BCUT2D eigenvalue weighted by Crippen LogP contribution is -2.15. The summed E-state index contributed by atoms with van der Waals surface area (Å²) in [6.45, 7) is 8.26. The van der Waals surface area contributed by atoms with Gasteiger partial charge in [-0.25, -0.2) is 4.98 Å². The second-order valence-corrected chi connectivity index (χ2v) is 6.80. The van der Waals surface area contributed by atoms with E-state index in [1.807, 2.05) is 11.3 Å². The van der Waals surface area contributed by atoms with Gasteiger partial charge in [0.05, 0.1) is 11.4 Å². The largest absolute Gasteiger partial charge is 0.306 e. The van der Waals surface area contributed by atoms with Crippen LogP contribution in [0.3, 0.4) is 0 Å². The molecule has 3 heterocycles. The lowest BCUT2D eigenvalue weighted by atomic mass is 10.2. The van der Waals surface area contributed by atoms with Crippen molar-refractivity contribution in [2.24, 2.45) is 0 Å². The van der Waals surface area contributed by atoms with Gasteiger partial charge in [-0.3, -0.25) is 4.40 Å². The summed E-state index contributed by atoms with van der Waals surface area (Å²) in [6.07, 6.45) is 1.11. The highest BCUT2D eigenvalue weighted by Gasteiger charge is 2.12. The van der Waals surface area contributed by atoms with Crippen molar-refractivity contribution in [2.45, 2.75) is 40.3 Å². The second-order valence-electron chi connectivity index (χ2n) is 4.97. The van der Waals surface area contributed by atoms with Crippen LogP contribution in [-0.2, 0) is 19.5 Å². The van der Waals surface area contributed by atoms with Gasteiger partial charge in [0.15, 0.2) is 4.96 Å². The highest BCUT2D eigenvalue weighted by molar-refractivity contribution is 7.15. The Balaban J connectivity index is 1.74. The van der Waals surface area contributed by atoms with Crippen molar-refractivity contribution in [2.75, 3.05) is 0 Å². The molecule has 20 heavy (non-hydrogen) atoms. The first-order valence-corrected chi connectivity index (χ1v) is 8.64. The maximum absolute atomic E-state index is 4.63. The maximum atomic E-state index is 4.63. The van der Waals surface area contributed by atoms with Gasteiger partial charge < -0.3 is 5.32 Å². The van der Waals surface area contributed by atoms with E-state index >= 15 is 0 Å². The number of aryl methyl sites for hydroxylation is 3. The van der Waals surface area contributed by atoms with E-state index in [9.17, 15) is 0 Å². The van der Waals surface area contributed by atoms with Crippen molar-refractivity contribution < 1.29 is 0 Å². The molecule has 0 unspecified atom stereocenters. The van der Waals surface area contributed by atoms with E-state index in [-0.39, 0.29) is 0 Å². The van der Waals surface area contributed by atoms with Crippen molar-refractivity contribution in [3.63, 3.8) is 0 Å². The quantitative estimate of drug-likeness (QED) is 0.774. The normalized spacial score (nSPS) is 11.6. The minimum atomic E-state index is 0.867. The number of nitrogens with one attached hydrogen (secondary N) is 1. The van der Waals surface area contributed by atoms with Crippen LogP contribution in [0.1, 0.15) is 34.4 Å². The number of nitrogens with zero attached hydrogens (tertiary/aromatic N) is 2. The zero-order valence-corrected chi connectivity index (χ0v) is 13.7. The number of aromatic nitrogens is 2. The van der Waals surface area contributed by atoms with E-state index in [1.165, 1.54) is 21.8 Å². The number of imidazole rings is 1. The first-order valence-electron chi connectivity index (χ1n) is 6.88. The van der Waals surface area contributed by atoms with Crippen LogP contribution in [0.5, 0.6) is 0 Å². The SMILES string of the molecule is CCc1ccsc1CNCc1c(C)nc2scc(C)n12. The van der Waals surface area contributed by atoms with E-state index in [1.54, 1.807) is 11.3 Å². The Morgan fingerprint density at radius 3 is 2.90 bits per heavy atom. The standard InChI is InChI=1S/C15H19N3S2/c1-4-12-5-6-19-14(12)8-16-7-13-11(3)17-15-18(13)10(2)9-20-15/h5-6,9,16H,4,7-8H2,1-3H3. The molecule has 0 bridgehead atoms. The van der Waals surface area contributed by atoms with Crippen molar-refractivity contribution in [1.82, 2.24) is 14.7 Å². The van der Waals surface area contributed by atoms with Gasteiger partial charge in [0.2, 0.25) is 0 Å². The minimum absolute atomic E-state index is 0.867. The summed E-state index contributed by atoms with van der Waals surface area (Å²) >= 11 is 3.55. The third-order valence-electron chi connectivity index (χ3n) is 3.63. The van der Waals surface area contributed by atoms with Crippen LogP contribution in [0.2, 0.25) is 0 Å². The number of hydrogen-bond donors (Lipinski definition) is 1. The highest BCUT2D eigenvalue weighted by Crippen LogP contribution is 2.21. The molecule has 0 fully saturated rings. The molecule has 1 N–H and O–H groups in total. The van der Waals surface area contributed by atoms with Crippen LogP contribution < -0.4 is 5.32 Å². The van der Waals surface area contributed by atoms with E-state index in [0.29, 0.717) is 0 Å². The minimum Gasteiger partial charge on any atom is -0.306 e. The van der Waals surface area contributed by atoms with E-state index in [4.69, 9.17) is 0 Å². The van der Waals surface area contributed by atoms with Crippen LogP contribution in [-0.4, -0.2) is 9.38 Å². The van der Waals surface area contributed by atoms with Crippen LogP contribution in [0.4, 0.5) is 0 Å². The van der Waals surface area contributed by atoms with Gasteiger partial charge in [-0.15, -0.1) is 22.7 Å². The van der Waals surface area contributed by atoms with Crippen molar-refractivity contribution in [3.05, 3.63) is 44.3 Å². The van der Waals surface area contributed by atoms with Crippen LogP contribution in [0, 0.1) is 13.8 Å². The van der Waals surface area contributed by atoms with Crippen LogP contribution in [0.15, 0.2) is 16.8 Å². The molecule has 106 valence electrons. The van der Waals surface area contributed by atoms with E-state index < -0.39 is 0 Å². The molecule has 0 amide bonds. The summed E-state index contributed by atoms with van der Waals surface area (Å²) in [6, 6.07) is 2.23. The van der Waals surface area contributed by atoms with Gasteiger partial charge in [0.25, 0.3) is 0 Å². The molecule has 0 aliphatic rings. The molecule has 0 radical (unpaired) electrons. The molecule has 5 heteroatoms. The van der Waals surface area contributed by atoms with Crippen molar-refractivity contribution in [1.29, 1.82) is 0 Å². The third-order valence-corrected chi connectivity index (χ3v) is 5.53. The van der Waals surface area contributed by atoms with Crippen molar-refractivity contribution in [3.8, 4) is 0 Å². The Bertz CT molecular complexity index is 721. The molecule has 3 aromatic rings. The molecular formula is C15H19N3S2. The molecule has 0 aliphatic heterocycles. The number of thiazole rings is 1. The second kappa shape index (κ2) is 5.68. The number of hydrogen-bond acceptors (Lipinski definition) is 4. The fourth-order valence-electron chi connectivity index (χ4n) is 2.51. The van der Waals surface area contributed by atoms with E-state index in [0.717, 1.165) is 30.2 Å². The molecular weight excluding hydrogens is 286 g/mol. The summed E-state index contributed by atoms with van der Waals surface area (Å²) in [4.78, 5) is 7.18. The molecule has 0 aromatic carbocycles. The van der Waals surface area contributed by atoms with E-state index in [2.05, 4.69) is 52.3 Å². The molecule has 0 atom stereocenters. The van der Waals surface area contributed by atoms with Gasteiger partial charge >= 0.3 is 0 Å². The zero-order valence-electron chi connectivity index (χ0n) is 12.1. The maximum Gasteiger partial charge on any atom is 0.194 e. The Morgan fingerprint density at radius 2 is 2.10 bits per heavy atom. The van der Waals surface area contributed by atoms with Gasteiger partial charge in [-0.2, -0.15) is 0 Å². The Labute approximate surface area is 127 Å². The van der Waals surface area contributed by atoms with Crippen molar-refractivity contribution >= 4 is 27.6 Å². The summed E-state index contributed by atoms with van der Waals surface area (Å²) in [5.41, 5.74) is 5.15. The number of thiophene rings is 1. The summed E-state index contributed by atoms with van der Waals surface area (Å²) in [7, 11) is 0. The van der Waals surface area contributed by atoms with Crippen LogP contribution in [0.25, 0.3) is 4.96 Å². The summed E-state index contributed by atoms with van der Waals surface area (Å²) in [5.74, 6) is 0. The fraction of sp³-hybridized carbons (Fsp3) is 0.400. The first-order chi connectivity index (χ1) is 9.70. The van der Waals surface area contributed by atoms with Gasteiger partial charge in [0.1, 0.15) is 0 Å². The monoisotopic (exact) mass is 305 g/mol. The molecule has 0 aliphatic carbocycles. The van der Waals surface area contributed by atoms with Gasteiger partial charge in [-0.1, -0.05) is 6.92 Å². The smallest absolute Gasteiger partial charge is 0.194 e. The van der Waals surface area contributed by atoms with Gasteiger partial charge in [-0.05, 0) is 37.3 Å². The molecule has 3 rings (SSSR count). The molecule has 0 spiro atoms. The number of fused-ring (bicyclic) bond motifs is 1. The average molecular weight is 305 g/mol. The average Bonchev–Trinajstić information content (AvgIpc) is 3.09. The zero-order chi connectivity index (χ0) is 14.1. The lowest BCUT2D eigenvalue weighted by Gasteiger charge is -2.06. The summed E-state index contributed by atoms with van der Waals surface area (Å²) < 4.78 is 2.27. The predicted molar refractivity (Wildman–Crippen MR) is 86.8 cm³/mol. The summed E-state index contributed by atoms with van der Waals surface area (Å²) in [5, 5.41) is 7.92. The van der Waals surface area contributed by atoms with Gasteiger partial charge in [0, 0.05) is 29.0 Å². The predicted octanol–water partition coefficient (Wildman–Crippen LogP) is 3.93. The van der Waals surface area contributed by atoms with Crippen LogP contribution >= 0.6 is 22.7 Å². The molecule has 0 saturated carbocycles. The molecule has 3 aromatic heterocycles. The molecule has 0 saturated heterocycles. The lowest BCUT2D eigenvalue weighted by molar-refractivity contribution is 0.674.